The molecule has 84 valence electrons. The third kappa shape index (κ3) is 2.31. The van der Waals surface area contributed by atoms with Crippen molar-refractivity contribution < 1.29 is 4.39 Å². The minimum absolute atomic E-state index is 0.321. The predicted molar refractivity (Wildman–Crippen MR) is 67.0 cm³/mol. The number of pyridine rings is 1. The number of rotatable bonds is 2. The van der Waals surface area contributed by atoms with Crippen LogP contribution in [0, 0.1) is 12.7 Å². The van der Waals surface area contributed by atoms with E-state index >= 15 is 0 Å². The van der Waals surface area contributed by atoms with Crippen LogP contribution >= 0.6 is 27.3 Å². The van der Waals surface area contributed by atoms with Gasteiger partial charge in [0.15, 0.2) is 0 Å². The van der Waals surface area contributed by atoms with E-state index in [2.05, 4.69) is 20.9 Å². The Kier molecular flexibility index (Phi) is 3.37. The molecule has 5 heteroatoms. The summed E-state index contributed by atoms with van der Waals surface area (Å²) in [5, 5.41) is 0. The molecule has 2 heterocycles. The highest BCUT2D eigenvalue weighted by Crippen LogP contribution is 2.32. The van der Waals surface area contributed by atoms with Gasteiger partial charge in [0.25, 0.3) is 0 Å². The number of hydrogen-bond acceptors (Lipinski definition) is 3. The smallest absolute Gasteiger partial charge is 0.141 e. The van der Waals surface area contributed by atoms with Gasteiger partial charge in [0.1, 0.15) is 5.82 Å². The molecule has 0 aliphatic carbocycles. The monoisotopic (exact) mass is 300 g/mol. The van der Waals surface area contributed by atoms with Gasteiger partial charge in [-0.3, -0.25) is 4.98 Å². The molecule has 0 amide bonds. The number of thiophene rings is 1. The molecule has 0 fully saturated rings. The summed E-state index contributed by atoms with van der Waals surface area (Å²) in [6.45, 7) is 2.00. The second kappa shape index (κ2) is 4.61. The van der Waals surface area contributed by atoms with E-state index in [1.807, 2.05) is 13.0 Å². The number of halogens is 2. The Labute approximate surface area is 105 Å². The average molecular weight is 301 g/mol. The maximum Gasteiger partial charge on any atom is 0.141 e. The lowest BCUT2D eigenvalue weighted by atomic mass is 10.1. The van der Waals surface area contributed by atoms with Crippen molar-refractivity contribution in [2.45, 2.75) is 13.0 Å². The minimum atomic E-state index is -0.361. The third-order valence-electron chi connectivity index (χ3n) is 2.27. The molecule has 1 atom stereocenters. The quantitative estimate of drug-likeness (QED) is 0.923. The van der Waals surface area contributed by atoms with E-state index in [-0.39, 0.29) is 11.9 Å². The molecule has 2 N–H and O–H groups in total. The highest BCUT2D eigenvalue weighted by atomic mass is 79.9. The summed E-state index contributed by atoms with van der Waals surface area (Å²) in [7, 11) is 0. The summed E-state index contributed by atoms with van der Waals surface area (Å²) >= 11 is 5.01. The Balaban J connectivity index is 2.35. The zero-order valence-corrected chi connectivity index (χ0v) is 11.0. The van der Waals surface area contributed by atoms with Crippen molar-refractivity contribution in [3.05, 3.63) is 50.1 Å². The zero-order chi connectivity index (χ0) is 11.7. The van der Waals surface area contributed by atoms with Gasteiger partial charge in [-0.25, -0.2) is 4.39 Å². The summed E-state index contributed by atoms with van der Waals surface area (Å²) in [4.78, 5) is 4.79. The summed E-state index contributed by atoms with van der Waals surface area (Å²) in [5.41, 5.74) is 7.88. The first-order valence-electron chi connectivity index (χ1n) is 4.70. The topological polar surface area (TPSA) is 38.9 Å². The lowest BCUT2D eigenvalue weighted by Crippen LogP contribution is -2.10. The van der Waals surface area contributed by atoms with E-state index in [4.69, 9.17) is 5.73 Å². The zero-order valence-electron chi connectivity index (χ0n) is 8.58. The molecule has 0 saturated heterocycles. The lowest BCUT2D eigenvalue weighted by molar-refractivity contribution is 0.616. The lowest BCUT2D eigenvalue weighted by Gasteiger charge is -2.08. The maximum atomic E-state index is 13.0. The van der Waals surface area contributed by atoms with Gasteiger partial charge in [-0.05, 0) is 46.1 Å². The fraction of sp³-hybridized carbons (Fsp3) is 0.182. The maximum absolute atomic E-state index is 13.0. The van der Waals surface area contributed by atoms with Crippen molar-refractivity contribution in [2.24, 2.45) is 5.73 Å². The Hall–Kier alpha value is -0.780. The molecule has 0 aliphatic heterocycles. The van der Waals surface area contributed by atoms with Crippen LogP contribution in [0.4, 0.5) is 4.39 Å². The summed E-state index contributed by atoms with van der Waals surface area (Å²) < 4.78 is 14.1. The van der Waals surface area contributed by atoms with Gasteiger partial charge in [-0.2, -0.15) is 0 Å². The average Bonchev–Trinajstić information content (AvgIpc) is 2.58. The van der Waals surface area contributed by atoms with E-state index in [9.17, 15) is 4.39 Å². The Morgan fingerprint density at radius 3 is 2.75 bits per heavy atom. The van der Waals surface area contributed by atoms with Crippen LogP contribution in [0.5, 0.6) is 0 Å². The van der Waals surface area contributed by atoms with Crippen LogP contribution in [0.2, 0.25) is 0 Å². The van der Waals surface area contributed by atoms with Crippen LogP contribution in [-0.2, 0) is 0 Å². The molecule has 0 aliphatic rings. The molecule has 2 aromatic rings. The molecular formula is C11H10BrFN2S. The van der Waals surface area contributed by atoms with Crippen LogP contribution in [-0.4, -0.2) is 4.98 Å². The molecule has 2 aromatic heterocycles. The molecule has 0 radical (unpaired) electrons. The van der Waals surface area contributed by atoms with Crippen molar-refractivity contribution in [1.82, 2.24) is 4.98 Å². The third-order valence-corrected chi connectivity index (χ3v) is 4.49. The van der Waals surface area contributed by atoms with Crippen LogP contribution in [0.1, 0.15) is 22.0 Å². The van der Waals surface area contributed by atoms with Crippen LogP contribution in [0.15, 0.2) is 28.3 Å². The minimum Gasteiger partial charge on any atom is -0.320 e. The summed E-state index contributed by atoms with van der Waals surface area (Å²) in [6, 6.07) is 3.10. The van der Waals surface area contributed by atoms with Gasteiger partial charge in [-0.15, -0.1) is 11.3 Å². The molecule has 2 rings (SSSR count). The Morgan fingerprint density at radius 2 is 2.19 bits per heavy atom. The summed E-state index contributed by atoms with van der Waals surface area (Å²) in [6.07, 6.45) is 2.77. The number of hydrogen-bond donors (Lipinski definition) is 1. The van der Waals surface area contributed by atoms with Crippen molar-refractivity contribution in [3.8, 4) is 0 Å². The molecule has 2 nitrogen and oxygen atoms in total. The van der Waals surface area contributed by atoms with Gasteiger partial charge in [0, 0.05) is 11.1 Å². The van der Waals surface area contributed by atoms with Crippen molar-refractivity contribution in [1.29, 1.82) is 0 Å². The van der Waals surface area contributed by atoms with E-state index in [1.54, 1.807) is 17.5 Å². The van der Waals surface area contributed by atoms with Gasteiger partial charge >= 0.3 is 0 Å². The predicted octanol–water partition coefficient (Wildman–Crippen LogP) is 3.40. The highest BCUT2D eigenvalue weighted by Gasteiger charge is 2.13. The SMILES string of the molecule is Cc1cc(C(N)c2cncc(F)c2)sc1Br. The van der Waals surface area contributed by atoms with Crippen molar-refractivity contribution in [2.75, 3.05) is 0 Å². The van der Waals surface area contributed by atoms with Crippen LogP contribution in [0.3, 0.4) is 0 Å². The molecule has 0 bridgehead atoms. The second-order valence-electron chi connectivity index (χ2n) is 3.52. The molecule has 1 unspecified atom stereocenters. The Bertz CT molecular complexity index is 493. The first-order valence-corrected chi connectivity index (χ1v) is 6.30. The molecule has 0 aromatic carbocycles. The number of nitrogens with two attached hydrogens (primary N) is 1. The van der Waals surface area contributed by atoms with Crippen LogP contribution < -0.4 is 5.73 Å². The molecule has 16 heavy (non-hydrogen) atoms. The van der Waals surface area contributed by atoms with E-state index in [0.717, 1.165) is 14.2 Å². The van der Waals surface area contributed by atoms with Crippen molar-refractivity contribution in [3.63, 3.8) is 0 Å². The van der Waals surface area contributed by atoms with Crippen molar-refractivity contribution >= 4 is 27.3 Å². The second-order valence-corrected chi connectivity index (χ2v) is 5.92. The number of aryl methyl sites for hydroxylation is 1. The van der Waals surface area contributed by atoms with Gasteiger partial charge in [0.2, 0.25) is 0 Å². The van der Waals surface area contributed by atoms with Crippen LogP contribution in [0.25, 0.3) is 0 Å². The normalized spacial score (nSPS) is 12.8. The van der Waals surface area contributed by atoms with Gasteiger partial charge in [-0.1, -0.05) is 0 Å². The standard InChI is InChI=1S/C11H10BrFN2S/c1-6-2-9(16-11(6)12)10(14)7-3-8(13)5-15-4-7/h2-5,10H,14H2,1H3. The van der Waals surface area contributed by atoms with E-state index in [1.165, 1.54) is 12.3 Å². The van der Waals surface area contributed by atoms with Gasteiger partial charge in [0.05, 0.1) is 16.0 Å². The molecule has 0 saturated carbocycles. The van der Waals surface area contributed by atoms with Gasteiger partial charge < -0.3 is 5.73 Å². The highest BCUT2D eigenvalue weighted by molar-refractivity contribution is 9.11. The number of aromatic nitrogens is 1. The number of nitrogens with zero attached hydrogens (tertiary/aromatic N) is 1. The molecular weight excluding hydrogens is 291 g/mol. The largest absolute Gasteiger partial charge is 0.320 e. The summed E-state index contributed by atoms with van der Waals surface area (Å²) in [5.74, 6) is -0.361. The first-order chi connectivity index (χ1) is 7.58. The fourth-order valence-corrected chi connectivity index (χ4v) is 3.00. The van der Waals surface area contributed by atoms with E-state index in [0.29, 0.717) is 5.56 Å². The molecule has 0 spiro atoms. The Morgan fingerprint density at radius 1 is 1.44 bits per heavy atom. The van der Waals surface area contributed by atoms with E-state index < -0.39 is 0 Å². The first kappa shape index (κ1) is 11.7. The fourth-order valence-electron chi connectivity index (χ4n) is 1.40.